The second-order valence-electron chi connectivity index (χ2n) is 4.48. The molecule has 4 nitrogen and oxygen atoms in total. The van der Waals surface area contributed by atoms with E-state index in [0.717, 1.165) is 23.9 Å². The molecule has 0 unspecified atom stereocenters. The molecule has 0 spiro atoms. The van der Waals surface area contributed by atoms with E-state index < -0.39 is 0 Å². The number of halogens is 2. The molecule has 0 saturated heterocycles. The number of aryl methyl sites for hydroxylation is 1. The lowest BCUT2D eigenvalue weighted by Gasteiger charge is -2.31. The Bertz CT molecular complexity index is 408. The highest BCUT2D eigenvalue weighted by molar-refractivity contribution is 9.10. The molecule has 0 radical (unpaired) electrons. The standard InChI is InChI=1S/C13H22BrN3O.ClH/c1-4-13(5-2,9-15)16-12(18)11-7-10(14)8-17(11)6-3;/h7-8H,4-6,9,15H2,1-3H3,(H,16,18);1H. The summed E-state index contributed by atoms with van der Waals surface area (Å²) in [7, 11) is 0. The molecule has 0 aliphatic carbocycles. The van der Waals surface area contributed by atoms with Crippen LogP contribution in [0.3, 0.4) is 0 Å². The molecule has 1 aromatic rings. The van der Waals surface area contributed by atoms with Crippen LogP contribution in [0.25, 0.3) is 0 Å². The number of carbonyl (C=O) groups excluding carboxylic acids is 1. The van der Waals surface area contributed by atoms with Gasteiger partial charge in [0.1, 0.15) is 5.69 Å². The summed E-state index contributed by atoms with van der Waals surface area (Å²) in [5, 5.41) is 3.08. The summed E-state index contributed by atoms with van der Waals surface area (Å²) < 4.78 is 2.84. The smallest absolute Gasteiger partial charge is 0.268 e. The van der Waals surface area contributed by atoms with E-state index in [0.29, 0.717) is 12.2 Å². The summed E-state index contributed by atoms with van der Waals surface area (Å²) in [6.45, 7) is 7.33. The third-order valence-electron chi connectivity index (χ3n) is 3.56. The van der Waals surface area contributed by atoms with Crippen molar-refractivity contribution in [1.29, 1.82) is 0 Å². The zero-order chi connectivity index (χ0) is 13.8. The lowest BCUT2D eigenvalue weighted by Crippen LogP contribution is -2.53. The third-order valence-corrected chi connectivity index (χ3v) is 3.99. The van der Waals surface area contributed by atoms with E-state index >= 15 is 0 Å². The molecular formula is C13H23BrClN3O. The molecule has 1 amide bonds. The van der Waals surface area contributed by atoms with Crippen molar-refractivity contribution >= 4 is 34.2 Å². The molecule has 110 valence electrons. The fourth-order valence-corrected chi connectivity index (χ4v) is 2.46. The van der Waals surface area contributed by atoms with Crippen LogP contribution in [-0.2, 0) is 6.54 Å². The predicted molar refractivity (Wildman–Crippen MR) is 84.9 cm³/mol. The minimum absolute atomic E-state index is 0. The number of hydrogen-bond acceptors (Lipinski definition) is 2. The van der Waals surface area contributed by atoms with Crippen LogP contribution in [0.5, 0.6) is 0 Å². The van der Waals surface area contributed by atoms with Crippen molar-refractivity contribution in [3.63, 3.8) is 0 Å². The molecule has 3 N–H and O–H groups in total. The summed E-state index contributed by atoms with van der Waals surface area (Å²) in [5.41, 5.74) is 6.17. The van der Waals surface area contributed by atoms with Crippen LogP contribution in [0, 0.1) is 0 Å². The molecule has 0 bridgehead atoms. The lowest BCUT2D eigenvalue weighted by molar-refractivity contribution is 0.0886. The van der Waals surface area contributed by atoms with Crippen molar-refractivity contribution in [2.75, 3.05) is 6.54 Å². The Balaban J connectivity index is 0.00000324. The molecule has 1 heterocycles. The second kappa shape index (κ2) is 7.92. The zero-order valence-corrected chi connectivity index (χ0v) is 14.1. The Morgan fingerprint density at radius 3 is 2.42 bits per heavy atom. The van der Waals surface area contributed by atoms with Crippen LogP contribution >= 0.6 is 28.3 Å². The first-order valence-electron chi connectivity index (χ1n) is 6.40. The van der Waals surface area contributed by atoms with Gasteiger partial charge in [0.25, 0.3) is 5.91 Å². The number of carbonyl (C=O) groups is 1. The minimum Gasteiger partial charge on any atom is -0.344 e. The first kappa shape index (κ1) is 18.5. The summed E-state index contributed by atoms with van der Waals surface area (Å²) in [4.78, 5) is 12.3. The number of aromatic nitrogens is 1. The topological polar surface area (TPSA) is 60.0 Å². The first-order chi connectivity index (χ1) is 8.51. The summed E-state index contributed by atoms with van der Waals surface area (Å²) in [5.74, 6) is -0.0586. The maximum absolute atomic E-state index is 12.3. The van der Waals surface area contributed by atoms with E-state index in [1.54, 1.807) is 0 Å². The molecule has 0 aliphatic heterocycles. The van der Waals surface area contributed by atoms with Crippen LogP contribution in [0.15, 0.2) is 16.7 Å². The molecule has 6 heteroatoms. The average molecular weight is 353 g/mol. The van der Waals surface area contributed by atoms with E-state index in [4.69, 9.17) is 5.73 Å². The van der Waals surface area contributed by atoms with Gasteiger partial charge in [-0.3, -0.25) is 4.79 Å². The van der Waals surface area contributed by atoms with Gasteiger partial charge in [-0.1, -0.05) is 13.8 Å². The number of hydrogen-bond donors (Lipinski definition) is 2. The SMILES string of the molecule is CCn1cc(Br)cc1C(=O)NC(CC)(CC)CN.Cl. The van der Waals surface area contributed by atoms with Gasteiger partial charge in [-0.25, -0.2) is 0 Å². The molecule has 0 aliphatic rings. The average Bonchev–Trinajstić information content (AvgIpc) is 2.77. The number of nitrogens with zero attached hydrogens (tertiary/aromatic N) is 1. The number of nitrogens with two attached hydrogens (primary N) is 1. The minimum atomic E-state index is -0.299. The largest absolute Gasteiger partial charge is 0.344 e. The highest BCUT2D eigenvalue weighted by Gasteiger charge is 2.27. The van der Waals surface area contributed by atoms with E-state index in [1.165, 1.54) is 0 Å². The molecule has 19 heavy (non-hydrogen) atoms. The first-order valence-corrected chi connectivity index (χ1v) is 7.19. The van der Waals surface area contributed by atoms with Crippen molar-refractivity contribution in [3.05, 3.63) is 22.4 Å². The summed E-state index contributed by atoms with van der Waals surface area (Å²) >= 11 is 3.40. The van der Waals surface area contributed by atoms with E-state index in [-0.39, 0.29) is 23.9 Å². The Hall–Kier alpha value is -0.520. The maximum atomic E-state index is 12.3. The van der Waals surface area contributed by atoms with Crippen LogP contribution in [-0.4, -0.2) is 22.6 Å². The fraction of sp³-hybridized carbons (Fsp3) is 0.615. The van der Waals surface area contributed by atoms with Gasteiger partial charge < -0.3 is 15.6 Å². The van der Waals surface area contributed by atoms with Crippen molar-refractivity contribution < 1.29 is 4.79 Å². The van der Waals surface area contributed by atoms with Gasteiger partial charge >= 0.3 is 0 Å². The van der Waals surface area contributed by atoms with E-state index in [9.17, 15) is 4.79 Å². The van der Waals surface area contributed by atoms with Gasteiger partial charge in [-0.05, 0) is 41.8 Å². The van der Waals surface area contributed by atoms with Crippen molar-refractivity contribution in [1.82, 2.24) is 9.88 Å². The monoisotopic (exact) mass is 351 g/mol. The predicted octanol–water partition coefficient (Wildman–Crippen LogP) is 2.94. The van der Waals surface area contributed by atoms with Crippen LogP contribution < -0.4 is 11.1 Å². The van der Waals surface area contributed by atoms with Gasteiger partial charge in [0, 0.05) is 23.8 Å². The third kappa shape index (κ3) is 4.23. The van der Waals surface area contributed by atoms with Gasteiger partial charge in [0.05, 0.1) is 5.54 Å². The van der Waals surface area contributed by atoms with Gasteiger partial charge in [-0.2, -0.15) is 0 Å². The van der Waals surface area contributed by atoms with Crippen LogP contribution in [0.1, 0.15) is 44.1 Å². The molecule has 0 saturated carbocycles. The summed E-state index contributed by atoms with van der Waals surface area (Å²) in [6, 6.07) is 1.84. The molecule has 1 rings (SSSR count). The Morgan fingerprint density at radius 2 is 2.00 bits per heavy atom. The zero-order valence-electron chi connectivity index (χ0n) is 11.7. The maximum Gasteiger partial charge on any atom is 0.268 e. The fourth-order valence-electron chi connectivity index (χ4n) is 2.00. The quantitative estimate of drug-likeness (QED) is 0.827. The van der Waals surface area contributed by atoms with Crippen molar-refractivity contribution in [3.8, 4) is 0 Å². The van der Waals surface area contributed by atoms with Gasteiger partial charge in [-0.15, -0.1) is 12.4 Å². The van der Waals surface area contributed by atoms with Gasteiger partial charge in [0.15, 0.2) is 0 Å². The Labute approximate surface area is 129 Å². The number of amides is 1. The lowest BCUT2D eigenvalue weighted by atomic mass is 9.93. The van der Waals surface area contributed by atoms with Crippen molar-refractivity contribution in [2.45, 2.75) is 45.7 Å². The number of rotatable bonds is 6. The number of nitrogens with one attached hydrogen (secondary N) is 1. The highest BCUT2D eigenvalue weighted by Crippen LogP contribution is 2.18. The normalized spacial score (nSPS) is 11.0. The molecular weight excluding hydrogens is 330 g/mol. The van der Waals surface area contributed by atoms with Crippen molar-refractivity contribution in [2.24, 2.45) is 5.73 Å². The molecule has 0 fully saturated rings. The molecule has 1 aromatic heterocycles. The van der Waals surface area contributed by atoms with E-state index in [1.807, 2.05) is 37.6 Å². The van der Waals surface area contributed by atoms with E-state index in [2.05, 4.69) is 21.2 Å². The van der Waals surface area contributed by atoms with Gasteiger partial charge in [0.2, 0.25) is 0 Å². The Morgan fingerprint density at radius 1 is 1.42 bits per heavy atom. The second-order valence-corrected chi connectivity index (χ2v) is 5.39. The molecule has 0 aromatic carbocycles. The molecule has 0 atom stereocenters. The van der Waals surface area contributed by atoms with Crippen LogP contribution in [0.4, 0.5) is 0 Å². The Kier molecular flexibility index (Phi) is 7.71. The van der Waals surface area contributed by atoms with Crippen LogP contribution in [0.2, 0.25) is 0 Å². The highest BCUT2D eigenvalue weighted by atomic mass is 79.9. The summed E-state index contributed by atoms with van der Waals surface area (Å²) in [6.07, 6.45) is 3.58.